The Hall–Kier alpha value is -4.04. The maximum Gasteiger partial charge on any atom is 0.330 e. The van der Waals surface area contributed by atoms with Crippen molar-refractivity contribution in [3.8, 4) is 0 Å². The average Bonchev–Trinajstić information content (AvgIpc) is 2.94. The molecule has 0 aliphatic carbocycles. The molecule has 0 saturated heterocycles. The second-order valence-electron chi connectivity index (χ2n) is 9.82. The average molecular weight is 540 g/mol. The summed E-state index contributed by atoms with van der Waals surface area (Å²) in [5.74, 6) is -0.897. The smallest absolute Gasteiger partial charge is 0.330 e. The first kappa shape index (κ1) is 26.6. The van der Waals surface area contributed by atoms with E-state index < -0.39 is 27.6 Å². The van der Waals surface area contributed by atoms with Gasteiger partial charge in [0.25, 0.3) is 0 Å². The van der Waals surface area contributed by atoms with E-state index in [4.69, 9.17) is 4.74 Å². The number of fused-ring (bicyclic) bond motifs is 2. The molecular weight excluding hydrogens is 510 g/mol. The number of carbonyl (C=O) groups excluding carboxylic acids is 1. The predicted molar refractivity (Wildman–Crippen MR) is 153 cm³/mol. The van der Waals surface area contributed by atoms with Crippen molar-refractivity contribution in [3.05, 3.63) is 126 Å². The van der Waals surface area contributed by atoms with Crippen molar-refractivity contribution in [2.24, 2.45) is 0 Å². The van der Waals surface area contributed by atoms with E-state index in [1.54, 1.807) is 24.3 Å². The van der Waals surface area contributed by atoms with Crippen LogP contribution in [0.3, 0.4) is 0 Å². The zero-order valence-electron chi connectivity index (χ0n) is 21.7. The molecule has 5 rings (SSSR count). The van der Waals surface area contributed by atoms with E-state index in [1.807, 2.05) is 79.7 Å². The fourth-order valence-electron chi connectivity index (χ4n) is 4.77. The van der Waals surface area contributed by atoms with Gasteiger partial charge in [-0.1, -0.05) is 96.6 Å². The zero-order valence-corrected chi connectivity index (χ0v) is 22.5. The number of sulfonamides is 1. The number of rotatable bonds is 8. The van der Waals surface area contributed by atoms with E-state index in [-0.39, 0.29) is 11.5 Å². The predicted octanol–water partition coefficient (Wildman–Crippen LogP) is 5.82. The fraction of sp³-hybridized carbons (Fsp3) is 0.156. The first-order valence-corrected chi connectivity index (χ1v) is 14.1. The number of ether oxygens (including phenoxy) is 1. The van der Waals surface area contributed by atoms with Crippen LogP contribution in [0.15, 0.2) is 114 Å². The molecule has 0 aromatic heterocycles. The van der Waals surface area contributed by atoms with Gasteiger partial charge in [0.15, 0.2) is 5.54 Å². The van der Waals surface area contributed by atoms with Gasteiger partial charge in [0.1, 0.15) is 12.7 Å². The lowest BCUT2D eigenvalue weighted by Gasteiger charge is -2.34. The van der Waals surface area contributed by atoms with Gasteiger partial charge in [-0.3, -0.25) is 0 Å². The van der Waals surface area contributed by atoms with Crippen LogP contribution >= 0.6 is 0 Å². The molecule has 0 spiro atoms. The molecule has 5 aromatic carbocycles. The first-order valence-electron chi connectivity index (χ1n) is 12.6. The summed E-state index contributed by atoms with van der Waals surface area (Å²) in [7, 11) is -4.23. The minimum absolute atomic E-state index is 0.0230. The Bertz CT molecular complexity index is 1700. The normalized spacial score (nSPS) is 14.1. The van der Waals surface area contributed by atoms with E-state index in [0.717, 1.165) is 21.9 Å². The number of hydrogen-bond donors (Lipinski definition) is 2. The number of esters is 1. The number of nitrogens with one attached hydrogen (secondary N) is 1. The van der Waals surface area contributed by atoms with Crippen LogP contribution in [-0.4, -0.2) is 25.0 Å². The number of aryl methyl sites for hydroxylation is 1. The highest BCUT2D eigenvalue weighted by Gasteiger charge is 2.47. The van der Waals surface area contributed by atoms with Crippen molar-refractivity contribution in [2.75, 3.05) is 0 Å². The van der Waals surface area contributed by atoms with Crippen LogP contribution in [0.25, 0.3) is 21.5 Å². The fourth-order valence-corrected chi connectivity index (χ4v) is 6.14. The summed E-state index contributed by atoms with van der Waals surface area (Å²) >= 11 is 0. The molecule has 2 N–H and O–H groups in total. The van der Waals surface area contributed by atoms with Crippen LogP contribution in [0.2, 0.25) is 0 Å². The van der Waals surface area contributed by atoms with Gasteiger partial charge >= 0.3 is 5.97 Å². The molecule has 0 radical (unpaired) electrons. The van der Waals surface area contributed by atoms with Crippen molar-refractivity contribution in [2.45, 2.75) is 37.0 Å². The monoisotopic (exact) mass is 539 g/mol. The van der Waals surface area contributed by atoms with Crippen molar-refractivity contribution < 1.29 is 23.1 Å². The lowest BCUT2D eigenvalue weighted by Crippen LogP contribution is -2.56. The number of carbonyl (C=O) groups is 1. The third-order valence-corrected chi connectivity index (χ3v) is 8.53. The Morgan fingerprint density at radius 2 is 1.38 bits per heavy atom. The van der Waals surface area contributed by atoms with Gasteiger partial charge in [-0.15, -0.1) is 0 Å². The molecule has 5 aromatic rings. The van der Waals surface area contributed by atoms with Crippen molar-refractivity contribution in [3.63, 3.8) is 0 Å². The molecule has 0 saturated carbocycles. The van der Waals surface area contributed by atoms with Crippen LogP contribution < -0.4 is 4.72 Å². The summed E-state index contributed by atoms with van der Waals surface area (Å²) in [6.07, 6.45) is -1.59. The van der Waals surface area contributed by atoms with E-state index in [0.29, 0.717) is 16.3 Å². The van der Waals surface area contributed by atoms with Gasteiger partial charge in [-0.05, 0) is 64.7 Å². The maximum absolute atomic E-state index is 13.8. The molecule has 7 heteroatoms. The van der Waals surface area contributed by atoms with E-state index in [2.05, 4.69) is 4.72 Å². The van der Waals surface area contributed by atoms with E-state index in [9.17, 15) is 18.3 Å². The van der Waals surface area contributed by atoms with Gasteiger partial charge in [-0.25, -0.2) is 13.2 Å². The number of benzene rings is 5. The van der Waals surface area contributed by atoms with Gasteiger partial charge in [0, 0.05) is 0 Å². The third-order valence-electron chi connectivity index (χ3n) is 6.95. The summed E-state index contributed by atoms with van der Waals surface area (Å²) in [6.45, 7) is 3.14. The summed E-state index contributed by atoms with van der Waals surface area (Å²) in [6, 6.07) is 32.4. The highest BCUT2D eigenvalue weighted by atomic mass is 32.2. The minimum atomic E-state index is -4.23. The number of hydrogen-bond acceptors (Lipinski definition) is 5. The number of aliphatic hydroxyl groups excluding tert-OH is 1. The van der Waals surface area contributed by atoms with E-state index >= 15 is 0 Å². The molecule has 0 aliphatic rings. The van der Waals surface area contributed by atoms with Crippen molar-refractivity contribution >= 4 is 37.5 Å². The quantitative estimate of drug-likeness (QED) is 0.192. The molecule has 0 amide bonds. The first-order chi connectivity index (χ1) is 18.7. The second-order valence-corrected chi connectivity index (χ2v) is 11.5. The Labute approximate surface area is 227 Å². The Kier molecular flexibility index (Phi) is 7.23. The van der Waals surface area contributed by atoms with Gasteiger partial charge in [0.05, 0.1) is 4.90 Å². The van der Waals surface area contributed by atoms with Crippen LogP contribution in [0.4, 0.5) is 0 Å². The Morgan fingerprint density at radius 3 is 1.97 bits per heavy atom. The Morgan fingerprint density at radius 1 is 0.846 bits per heavy atom. The molecule has 6 nitrogen and oxygen atoms in total. The summed E-state index contributed by atoms with van der Waals surface area (Å²) < 4.78 is 35.3. The number of aliphatic hydroxyl groups is 1. The third kappa shape index (κ3) is 5.29. The van der Waals surface area contributed by atoms with Crippen LogP contribution in [-0.2, 0) is 26.2 Å². The van der Waals surface area contributed by atoms with Crippen LogP contribution in [0.5, 0.6) is 0 Å². The van der Waals surface area contributed by atoms with Crippen molar-refractivity contribution in [1.82, 2.24) is 4.72 Å². The molecular formula is C32H29NO5S. The molecule has 39 heavy (non-hydrogen) atoms. The topological polar surface area (TPSA) is 92.7 Å². The van der Waals surface area contributed by atoms with Crippen LogP contribution in [0.1, 0.15) is 29.7 Å². The Balaban J connectivity index is 1.64. The lowest BCUT2D eigenvalue weighted by atomic mass is 9.84. The molecule has 0 unspecified atom stereocenters. The SMILES string of the molecule is Cc1ccc(S(=O)(=O)N[C@](C)(C(=O)OCc2ccccc2)[C@@H](O)c2c3ccccc3cc3ccccc23)cc1. The summed E-state index contributed by atoms with van der Waals surface area (Å²) in [5, 5.41) is 15.2. The standard InChI is InChI=1S/C32H29NO5S/c1-22-16-18-26(19-17-22)39(36,37)33-32(2,31(35)38-21-23-10-4-3-5-11-23)30(34)29-27-14-8-6-12-24(27)20-25-13-7-9-15-28(25)29/h3-20,30,33-34H,21H2,1-2H3/t30-,32-/m0/s1. The highest BCUT2D eigenvalue weighted by Crippen LogP contribution is 2.38. The maximum atomic E-state index is 13.8. The highest BCUT2D eigenvalue weighted by molar-refractivity contribution is 7.89. The molecule has 0 aliphatic heterocycles. The zero-order chi connectivity index (χ0) is 27.6. The van der Waals surface area contributed by atoms with Gasteiger partial charge in [0.2, 0.25) is 10.0 Å². The van der Waals surface area contributed by atoms with Gasteiger partial charge in [-0.2, -0.15) is 4.72 Å². The largest absolute Gasteiger partial charge is 0.459 e. The van der Waals surface area contributed by atoms with E-state index in [1.165, 1.54) is 19.1 Å². The molecule has 0 fully saturated rings. The minimum Gasteiger partial charge on any atom is -0.459 e. The van der Waals surface area contributed by atoms with Crippen molar-refractivity contribution in [1.29, 1.82) is 0 Å². The molecule has 198 valence electrons. The van der Waals surface area contributed by atoms with Crippen LogP contribution in [0, 0.1) is 6.92 Å². The molecule has 0 bridgehead atoms. The second kappa shape index (κ2) is 10.6. The molecule has 2 atom stereocenters. The molecule has 0 heterocycles. The van der Waals surface area contributed by atoms with Gasteiger partial charge < -0.3 is 9.84 Å². The summed E-state index contributed by atoms with van der Waals surface area (Å²) in [4.78, 5) is 13.8. The summed E-state index contributed by atoms with van der Waals surface area (Å²) in [5.41, 5.74) is 0.00110. The lowest BCUT2D eigenvalue weighted by molar-refractivity contribution is -0.156.